The van der Waals surface area contributed by atoms with Crippen molar-refractivity contribution in [3.8, 4) is 5.88 Å². The SMILES string of the molecule is COC(=O)N(C/C=C\COc1cc(CN2CCCCC2)ccn1)C(=O)CSCc1ccco1. The maximum Gasteiger partial charge on any atom is 0.416 e. The summed E-state index contributed by atoms with van der Waals surface area (Å²) in [6, 6.07) is 7.62. The molecule has 0 radical (unpaired) electrons. The highest BCUT2D eigenvalue weighted by molar-refractivity contribution is 7.99. The normalized spacial score (nSPS) is 14.3. The van der Waals surface area contributed by atoms with E-state index in [0.717, 1.165) is 30.3 Å². The number of rotatable bonds is 11. The first kappa shape index (κ1) is 24.9. The molecule has 0 saturated carbocycles. The van der Waals surface area contributed by atoms with Gasteiger partial charge in [-0.2, -0.15) is 0 Å². The number of methoxy groups -OCH3 is 1. The molecular weight excluding hydrogens is 442 g/mol. The van der Waals surface area contributed by atoms with Crippen LogP contribution >= 0.6 is 11.8 Å². The van der Waals surface area contributed by atoms with Gasteiger partial charge in [-0.1, -0.05) is 12.5 Å². The number of ether oxygens (including phenoxy) is 2. The second-order valence-electron chi connectivity index (χ2n) is 7.67. The smallest absolute Gasteiger partial charge is 0.416 e. The van der Waals surface area contributed by atoms with Crippen LogP contribution in [-0.2, 0) is 21.8 Å². The average molecular weight is 474 g/mol. The van der Waals surface area contributed by atoms with Crippen LogP contribution in [0.2, 0.25) is 0 Å². The first-order valence-electron chi connectivity index (χ1n) is 11.1. The number of imide groups is 1. The number of hydrogen-bond donors (Lipinski definition) is 0. The molecule has 9 heteroatoms. The van der Waals surface area contributed by atoms with Gasteiger partial charge in [0.2, 0.25) is 11.8 Å². The van der Waals surface area contributed by atoms with Crippen LogP contribution in [0.3, 0.4) is 0 Å². The molecule has 0 spiro atoms. The second kappa shape index (κ2) is 13.7. The number of nitrogens with zero attached hydrogens (tertiary/aromatic N) is 3. The molecule has 2 aromatic rings. The highest BCUT2D eigenvalue weighted by Gasteiger charge is 2.20. The molecule has 1 fully saturated rings. The van der Waals surface area contributed by atoms with Crippen molar-refractivity contribution in [2.45, 2.75) is 31.6 Å². The van der Waals surface area contributed by atoms with Crippen LogP contribution in [0.1, 0.15) is 30.6 Å². The first-order valence-corrected chi connectivity index (χ1v) is 12.2. The summed E-state index contributed by atoms with van der Waals surface area (Å²) in [5.41, 5.74) is 1.18. The standard InChI is InChI=1S/C24H31N3O5S/c1-30-24(29)27(23(28)19-33-18-21-8-7-15-31-21)13-5-6-14-32-22-16-20(9-10-25-22)17-26-11-3-2-4-12-26/h5-10,15-16H,2-4,11-14,17-19H2,1H3/b6-5-. The van der Waals surface area contributed by atoms with Gasteiger partial charge < -0.3 is 13.9 Å². The molecule has 0 atom stereocenters. The summed E-state index contributed by atoms with van der Waals surface area (Å²) in [6.07, 6.45) is 9.97. The Balaban J connectivity index is 1.42. The van der Waals surface area contributed by atoms with Gasteiger partial charge in [-0.25, -0.2) is 14.7 Å². The number of pyridine rings is 1. The molecule has 3 rings (SSSR count). The van der Waals surface area contributed by atoms with Gasteiger partial charge in [-0.05, 0) is 55.8 Å². The lowest BCUT2D eigenvalue weighted by molar-refractivity contribution is -0.126. The van der Waals surface area contributed by atoms with E-state index >= 15 is 0 Å². The lowest BCUT2D eigenvalue weighted by atomic mass is 10.1. The summed E-state index contributed by atoms with van der Waals surface area (Å²) in [6.45, 7) is 3.58. The summed E-state index contributed by atoms with van der Waals surface area (Å²) >= 11 is 1.38. The zero-order valence-electron chi connectivity index (χ0n) is 19.0. The van der Waals surface area contributed by atoms with Crippen molar-refractivity contribution in [3.05, 3.63) is 60.2 Å². The van der Waals surface area contributed by atoms with E-state index in [1.165, 1.54) is 43.7 Å². The lowest BCUT2D eigenvalue weighted by Crippen LogP contribution is -2.38. The molecule has 8 nitrogen and oxygen atoms in total. The van der Waals surface area contributed by atoms with E-state index in [1.807, 2.05) is 18.2 Å². The molecule has 2 amide bonds. The number of piperidine rings is 1. The molecule has 178 valence electrons. The average Bonchev–Trinajstić information content (AvgIpc) is 3.35. The summed E-state index contributed by atoms with van der Waals surface area (Å²) in [5.74, 6) is 1.72. The summed E-state index contributed by atoms with van der Waals surface area (Å²) in [4.78, 5) is 32.3. The lowest BCUT2D eigenvalue weighted by Gasteiger charge is -2.26. The Morgan fingerprint density at radius 3 is 2.85 bits per heavy atom. The minimum absolute atomic E-state index is 0.110. The van der Waals surface area contributed by atoms with Gasteiger partial charge in [0.15, 0.2) is 0 Å². The topological polar surface area (TPSA) is 85.1 Å². The van der Waals surface area contributed by atoms with E-state index in [1.54, 1.807) is 30.7 Å². The Labute approximate surface area is 198 Å². The Kier molecular flexibility index (Phi) is 10.3. The van der Waals surface area contributed by atoms with Crippen molar-refractivity contribution in [2.75, 3.05) is 39.1 Å². The fourth-order valence-electron chi connectivity index (χ4n) is 3.48. The third kappa shape index (κ3) is 8.58. The maximum atomic E-state index is 12.5. The Bertz CT molecular complexity index is 897. The number of thioether (sulfide) groups is 1. The van der Waals surface area contributed by atoms with E-state index in [2.05, 4.69) is 9.88 Å². The zero-order valence-corrected chi connectivity index (χ0v) is 19.8. The van der Waals surface area contributed by atoms with Crippen LogP contribution in [0.25, 0.3) is 0 Å². The minimum atomic E-state index is -0.684. The molecule has 0 unspecified atom stereocenters. The van der Waals surface area contributed by atoms with E-state index in [-0.39, 0.29) is 24.8 Å². The molecule has 0 aromatic carbocycles. The predicted octanol–water partition coefficient (Wildman–Crippen LogP) is 4.12. The van der Waals surface area contributed by atoms with Gasteiger partial charge in [-0.3, -0.25) is 9.69 Å². The molecule has 2 aromatic heterocycles. The first-order chi connectivity index (χ1) is 16.2. The van der Waals surface area contributed by atoms with Crippen LogP contribution in [0.4, 0.5) is 4.79 Å². The number of furan rings is 1. The monoisotopic (exact) mass is 473 g/mol. The van der Waals surface area contributed by atoms with Crippen LogP contribution in [0.5, 0.6) is 5.88 Å². The molecular formula is C24H31N3O5S. The highest BCUT2D eigenvalue weighted by Crippen LogP contribution is 2.16. The quantitative estimate of drug-likeness (QED) is 0.451. The van der Waals surface area contributed by atoms with E-state index in [4.69, 9.17) is 13.9 Å². The molecule has 1 saturated heterocycles. The van der Waals surface area contributed by atoms with Gasteiger partial charge in [0.25, 0.3) is 0 Å². The van der Waals surface area contributed by atoms with E-state index < -0.39 is 6.09 Å². The van der Waals surface area contributed by atoms with E-state index in [9.17, 15) is 9.59 Å². The van der Waals surface area contributed by atoms with Gasteiger partial charge in [0.1, 0.15) is 12.4 Å². The molecule has 0 bridgehead atoms. The second-order valence-corrected chi connectivity index (χ2v) is 8.65. The van der Waals surface area contributed by atoms with Crippen molar-refractivity contribution in [3.63, 3.8) is 0 Å². The van der Waals surface area contributed by atoms with Gasteiger partial charge >= 0.3 is 6.09 Å². The van der Waals surface area contributed by atoms with Crippen molar-refractivity contribution >= 4 is 23.8 Å². The molecule has 0 aliphatic carbocycles. The van der Waals surface area contributed by atoms with Crippen molar-refractivity contribution in [1.29, 1.82) is 0 Å². The van der Waals surface area contributed by atoms with E-state index in [0.29, 0.717) is 11.6 Å². The number of aromatic nitrogens is 1. The van der Waals surface area contributed by atoms with Crippen LogP contribution < -0.4 is 4.74 Å². The fraction of sp³-hybridized carbons (Fsp3) is 0.458. The third-order valence-corrected chi connectivity index (χ3v) is 6.12. The van der Waals surface area contributed by atoms with Crippen molar-refractivity contribution < 1.29 is 23.5 Å². The maximum absolute atomic E-state index is 12.5. The van der Waals surface area contributed by atoms with Crippen LogP contribution in [0, 0.1) is 0 Å². The largest absolute Gasteiger partial charge is 0.473 e. The van der Waals surface area contributed by atoms with Crippen LogP contribution in [0.15, 0.2) is 53.3 Å². The number of hydrogen-bond acceptors (Lipinski definition) is 8. The Morgan fingerprint density at radius 1 is 1.24 bits per heavy atom. The zero-order chi connectivity index (χ0) is 23.3. The number of carbonyl (C=O) groups is 2. The van der Waals surface area contributed by atoms with Gasteiger partial charge in [0, 0.05) is 18.8 Å². The summed E-state index contributed by atoms with van der Waals surface area (Å²) in [7, 11) is 1.26. The summed E-state index contributed by atoms with van der Waals surface area (Å²) < 4.78 is 15.7. The van der Waals surface area contributed by atoms with Crippen LogP contribution in [-0.4, -0.2) is 65.9 Å². The van der Waals surface area contributed by atoms with Gasteiger partial charge in [-0.15, -0.1) is 11.8 Å². The molecule has 1 aliphatic rings. The Hall–Kier alpha value is -2.78. The third-order valence-electron chi connectivity index (χ3n) is 5.18. The molecule has 0 N–H and O–H groups in total. The molecule has 33 heavy (non-hydrogen) atoms. The van der Waals surface area contributed by atoms with Crippen molar-refractivity contribution in [2.24, 2.45) is 0 Å². The van der Waals surface area contributed by atoms with Crippen molar-refractivity contribution in [1.82, 2.24) is 14.8 Å². The number of amides is 2. The Morgan fingerprint density at radius 2 is 2.09 bits per heavy atom. The fourth-order valence-corrected chi connectivity index (χ4v) is 4.28. The molecule has 3 heterocycles. The minimum Gasteiger partial charge on any atom is -0.473 e. The summed E-state index contributed by atoms with van der Waals surface area (Å²) in [5, 5.41) is 0. The highest BCUT2D eigenvalue weighted by atomic mass is 32.2. The molecule has 1 aliphatic heterocycles. The number of carbonyl (C=O) groups excluding carboxylic acids is 2. The number of likely N-dealkylation sites (tertiary alicyclic amines) is 1. The van der Waals surface area contributed by atoms with Gasteiger partial charge in [0.05, 0.1) is 31.4 Å². The predicted molar refractivity (Wildman–Crippen MR) is 127 cm³/mol.